The third-order valence-electron chi connectivity index (χ3n) is 5.56. The molecule has 25 heavy (non-hydrogen) atoms. The van der Waals surface area contributed by atoms with Crippen molar-refractivity contribution in [2.24, 2.45) is 0 Å². The molecule has 1 saturated carbocycles. The molecule has 0 heterocycles. The van der Waals surface area contributed by atoms with Gasteiger partial charge in [0.25, 0.3) is 0 Å². The number of likely N-dealkylation sites (N-methyl/N-ethyl adjacent to an activating group) is 2. The molecule has 134 valence electrons. The van der Waals surface area contributed by atoms with Crippen molar-refractivity contribution >= 4 is 11.4 Å². The van der Waals surface area contributed by atoms with Crippen LogP contribution in [0.5, 0.6) is 5.75 Å². The molecule has 1 fully saturated rings. The average molecular weight is 338 g/mol. The number of hydrogen-bond donors (Lipinski definition) is 0. The van der Waals surface area contributed by atoms with Crippen molar-refractivity contribution in [3.8, 4) is 5.75 Å². The van der Waals surface area contributed by atoms with E-state index < -0.39 is 0 Å². The molecule has 1 aliphatic rings. The van der Waals surface area contributed by atoms with E-state index in [4.69, 9.17) is 4.74 Å². The fourth-order valence-corrected chi connectivity index (χ4v) is 4.06. The van der Waals surface area contributed by atoms with E-state index in [0.29, 0.717) is 12.1 Å². The number of hydrogen-bond acceptors (Lipinski definition) is 3. The first-order valence-corrected chi connectivity index (χ1v) is 9.26. The quantitative estimate of drug-likeness (QED) is 0.772. The first kappa shape index (κ1) is 17.7. The van der Waals surface area contributed by atoms with Gasteiger partial charge in [-0.2, -0.15) is 0 Å². The Bertz CT molecular complexity index is 700. The van der Waals surface area contributed by atoms with E-state index in [-0.39, 0.29) is 0 Å². The molecule has 0 bridgehead atoms. The summed E-state index contributed by atoms with van der Waals surface area (Å²) < 4.78 is 5.41. The smallest absolute Gasteiger partial charge is 0.120 e. The van der Waals surface area contributed by atoms with E-state index >= 15 is 0 Å². The highest BCUT2D eigenvalue weighted by Gasteiger charge is 2.31. The Morgan fingerprint density at radius 1 is 0.840 bits per heavy atom. The highest BCUT2D eigenvalue weighted by atomic mass is 16.5. The van der Waals surface area contributed by atoms with Gasteiger partial charge < -0.3 is 14.5 Å². The van der Waals surface area contributed by atoms with Gasteiger partial charge in [0.1, 0.15) is 5.75 Å². The summed E-state index contributed by atoms with van der Waals surface area (Å²) in [6.45, 7) is 2.16. The van der Waals surface area contributed by atoms with Gasteiger partial charge in [-0.3, -0.25) is 0 Å². The predicted octanol–water partition coefficient (Wildman–Crippen LogP) is 4.89. The summed E-state index contributed by atoms with van der Waals surface area (Å²) in [5, 5.41) is 0. The maximum atomic E-state index is 5.41. The number of aryl methyl sites for hydroxylation is 1. The fraction of sp³-hybridized carbons (Fsp3) is 0.455. The number of ether oxygens (including phenoxy) is 1. The van der Waals surface area contributed by atoms with Gasteiger partial charge in [-0.15, -0.1) is 0 Å². The van der Waals surface area contributed by atoms with Gasteiger partial charge in [-0.05, 0) is 49.6 Å². The van der Waals surface area contributed by atoms with Crippen molar-refractivity contribution in [2.45, 2.75) is 44.7 Å². The Balaban J connectivity index is 1.84. The van der Waals surface area contributed by atoms with Crippen molar-refractivity contribution in [3.05, 3.63) is 54.1 Å². The molecule has 0 N–H and O–H groups in total. The minimum Gasteiger partial charge on any atom is -0.497 e. The molecule has 3 rings (SSSR count). The van der Waals surface area contributed by atoms with E-state index in [9.17, 15) is 0 Å². The van der Waals surface area contributed by atoms with Crippen LogP contribution in [0.4, 0.5) is 11.4 Å². The standard InChI is InChI=1S/C22H30N2O/c1-17-9-7-10-18(15-17)23(2)21-13-5-6-14-22(21)24(3)19-11-8-12-20(16-19)25-4/h7-12,15-16,21-22H,5-6,13-14H2,1-4H3/t21-,22-/m1/s1. The highest BCUT2D eigenvalue weighted by molar-refractivity contribution is 5.53. The van der Waals surface area contributed by atoms with Crippen LogP contribution in [-0.4, -0.2) is 33.3 Å². The summed E-state index contributed by atoms with van der Waals surface area (Å²) in [5.41, 5.74) is 3.86. The largest absolute Gasteiger partial charge is 0.497 e. The van der Waals surface area contributed by atoms with Gasteiger partial charge in [-0.1, -0.05) is 31.0 Å². The third-order valence-corrected chi connectivity index (χ3v) is 5.56. The first-order chi connectivity index (χ1) is 12.1. The van der Waals surface area contributed by atoms with Crippen LogP contribution in [-0.2, 0) is 0 Å². The molecule has 3 nitrogen and oxygen atoms in total. The van der Waals surface area contributed by atoms with Crippen molar-refractivity contribution in [2.75, 3.05) is 31.0 Å². The maximum Gasteiger partial charge on any atom is 0.120 e. The zero-order valence-corrected chi connectivity index (χ0v) is 15.9. The molecule has 2 aromatic rings. The van der Waals surface area contributed by atoms with Gasteiger partial charge in [0.15, 0.2) is 0 Å². The van der Waals surface area contributed by atoms with Crippen molar-refractivity contribution in [3.63, 3.8) is 0 Å². The zero-order valence-electron chi connectivity index (χ0n) is 15.9. The van der Waals surface area contributed by atoms with Gasteiger partial charge in [0, 0.05) is 43.6 Å². The maximum absolute atomic E-state index is 5.41. The second-order valence-corrected chi connectivity index (χ2v) is 7.18. The van der Waals surface area contributed by atoms with E-state index in [1.54, 1.807) is 7.11 Å². The Kier molecular flexibility index (Phi) is 5.52. The lowest BCUT2D eigenvalue weighted by Gasteiger charge is -2.44. The van der Waals surface area contributed by atoms with E-state index in [0.717, 1.165) is 5.75 Å². The summed E-state index contributed by atoms with van der Waals surface area (Å²) in [6.07, 6.45) is 5.08. The van der Waals surface area contributed by atoms with Crippen molar-refractivity contribution in [1.29, 1.82) is 0 Å². The molecule has 0 saturated heterocycles. The average Bonchev–Trinajstić information content (AvgIpc) is 2.67. The SMILES string of the molecule is COc1cccc(N(C)[C@@H]2CCCC[C@H]2N(C)c2cccc(C)c2)c1. The van der Waals surface area contributed by atoms with Gasteiger partial charge in [-0.25, -0.2) is 0 Å². The molecule has 0 radical (unpaired) electrons. The van der Waals surface area contributed by atoms with Crippen LogP contribution in [0.3, 0.4) is 0 Å². The van der Waals surface area contributed by atoms with Crippen LogP contribution in [0.25, 0.3) is 0 Å². The number of rotatable bonds is 5. The second-order valence-electron chi connectivity index (χ2n) is 7.18. The van der Waals surface area contributed by atoms with E-state index in [2.05, 4.69) is 73.3 Å². The molecule has 0 spiro atoms. The van der Waals surface area contributed by atoms with Gasteiger partial charge in [0.05, 0.1) is 7.11 Å². The van der Waals surface area contributed by atoms with E-state index in [1.165, 1.54) is 42.6 Å². The summed E-state index contributed by atoms with van der Waals surface area (Å²) in [5.74, 6) is 0.920. The predicted molar refractivity (Wildman–Crippen MR) is 107 cm³/mol. The number of nitrogens with zero attached hydrogens (tertiary/aromatic N) is 2. The fourth-order valence-electron chi connectivity index (χ4n) is 4.06. The Morgan fingerprint density at radius 2 is 1.40 bits per heavy atom. The lowest BCUT2D eigenvalue weighted by molar-refractivity contribution is 0.362. The van der Waals surface area contributed by atoms with Crippen LogP contribution >= 0.6 is 0 Å². The van der Waals surface area contributed by atoms with Gasteiger partial charge >= 0.3 is 0 Å². The minimum atomic E-state index is 0.506. The lowest BCUT2D eigenvalue weighted by Crippen LogP contribution is -2.51. The summed E-state index contributed by atoms with van der Waals surface area (Å²) >= 11 is 0. The zero-order chi connectivity index (χ0) is 17.8. The molecule has 1 aliphatic carbocycles. The van der Waals surface area contributed by atoms with Crippen LogP contribution < -0.4 is 14.5 Å². The molecule has 0 amide bonds. The number of benzene rings is 2. The number of methoxy groups -OCH3 is 1. The van der Waals surface area contributed by atoms with Crippen LogP contribution in [0.1, 0.15) is 31.2 Å². The van der Waals surface area contributed by atoms with Crippen LogP contribution in [0.2, 0.25) is 0 Å². The second kappa shape index (κ2) is 7.81. The monoisotopic (exact) mass is 338 g/mol. The molecule has 2 atom stereocenters. The van der Waals surface area contributed by atoms with Gasteiger partial charge in [0.2, 0.25) is 0 Å². The Hall–Kier alpha value is -2.16. The summed E-state index contributed by atoms with van der Waals surface area (Å²) in [6, 6.07) is 18.3. The Morgan fingerprint density at radius 3 is 1.96 bits per heavy atom. The lowest BCUT2D eigenvalue weighted by atomic mass is 9.87. The third kappa shape index (κ3) is 3.92. The van der Waals surface area contributed by atoms with Crippen LogP contribution in [0, 0.1) is 6.92 Å². The highest BCUT2D eigenvalue weighted by Crippen LogP contribution is 2.32. The molecule has 0 unspecified atom stereocenters. The Labute approximate surface area is 152 Å². The molecular formula is C22H30N2O. The molecule has 0 aromatic heterocycles. The van der Waals surface area contributed by atoms with Crippen LogP contribution in [0.15, 0.2) is 48.5 Å². The van der Waals surface area contributed by atoms with Crippen molar-refractivity contribution < 1.29 is 4.74 Å². The molecule has 2 aromatic carbocycles. The van der Waals surface area contributed by atoms with E-state index in [1.807, 2.05) is 6.07 Å². The number of anilines is 2. The molecule has 3 heteroatoms. The first-order valence-electron chi connectivity index (χ1n) is 9.26. The molecular weight excluding hydrogens is 308 g/mol. The molecule has 0 aliphatic heterocycles. The van der Waals surface area contributed by atoms with Crippen molar-refractivity contribution in [1.82, 2.24) is 0 Å². The normalized spacial score (nSPS) is 20.2. The topological polar surface area (TPSA) is 15.7 Å². The minimum absolute atomic E-state index is 0.506. The summed E-state index contributed by atoms with van der Waals surface area (Å²) in [4.78, 5) is 4.92. The summed E-state index contributed by atoms with van der Waals surface area (Å²) in [7, 11) is 6.20.